The Balaban J connectivity index is 1.01. The third-order valence-electron chi connectivity index (χ3n) is 11.0. The van der Waals surface area contributed by atoms with Gasteiger partial charge in [0.15, 0.2) is 23.0 Å². The van der Waals surface area contributed by atoms with E-state index in [-0.39, 0.29) is 43.7 Å². The molecular formula is C42H36N2O11. The summed E-state index contributed by atoms with van der Waals surface area (Å²) in [6, 6.07) is 21.7. The number of hydrogen-bond donors (Lipinski definition) is 1. The van der Waals surface area contributed by atoms with E-state index in [0.717, 1.165) is 11.1 Å². The number of aromatic nitrogens is 1. The first kappa shape index (κ1) is 34.3. The van der Waals surface area contributed by atoms with Gasteiger partial charge < -0.3 is 42.8 Å². The van der Waals surface area contributed by atoms with Crippen molar-refractivity contribution in [3.63, 3.8) is 0 Å². The number of Topliss-reactive ketones (excluding diaryl/α,β-unsaturated/α-hetero) is 1. The fourth-order valence-electron chi connectivity index (χ4n) is 8.51. The number of aryl methyl sites for hydroxylation is 1. The van der Waals surface area contributed by atoms with Crippen LogP contribution >= 0.6 is 0 Å². The first-order chi connectivity index (χ1) is 26.8. The summed E-state index contributed by atoms with van der Waals surface area (Å²) in [5, 5.41) is 12.2. The van der Waals surface area contributed by atoms with Crippen molar-refractivity contribution in [1.29, 1.82) is 0 Å². The number of methoxy groups -OCH3 is 3. The second-order valence-electron chi connectivity index (χ2n) is 13.8. The monoisotopic (exact) mass is 744 g/mol. The Morgan fingerprint density at radius 3 is 2.33 bits per heavy atom. The zero-order valence-electron chi connectivity index (χ0n) is 30.2. The van der Waals surface area contributed by atoms with E-state index in [2.05, 4.69) is 4.99 Å². The molecule has 13 nitrogen and oxygen atoms in total. The highest BCUT2D eigenvalue weighted by atomic mass is 16.7. The molecule has 1 fully saturated rings. The van der Waals surface area contributed by atoms with Gasteiger partial charge in [-0.3, -0.25) is 14.4 Å². The quantitative estimate of drug-likeness (QED) is 0.158. The van der Waals surface area contributed by atoms with Crippen LogP contribution in [0.15, 0.2) is 77.8 Å². The largest absolute Gasteiger partial charge is 0.494 e. The van der Waals surface area contributed by atoms with Gasteiger partial charge in [0.1, 0.15) is 11.8 Å². The fourth-order valence-corrected chi connectivity index (χ4v) is 8.51. The topological polar surface area (TPSA) is 153 Å². The number of ether oxygens (including phenoxy) is 7. The number of ketones is 1. The molecule has 9 rings (SSSR count). The van der Waals surface area contributed by atoms with E-state index in [1.54, 1.807) is 22.8 Å². The summed E-state index contributed by atoms with van der Waals surface area (Å²) >= 11 is 0. The molecule has 4 atom stereocenters. The van der Waals surface area contributed by atoms with Crippen LogP contribution in [0.2, 0.25) is 0 Å². The number of carbonyl (C=O) groups excluding carboxylic acids is 3. The molecule has 0 bridgehead atoms. The zero-order valence-corrected chi connectivity index (χ0v) is 30.2. The average Bonchev–Trinajstić information content (AvgIpc) is 3.97. The van der Waals surface area contributed by atoms with Crippen LogP contribution in [0.5, 0.6) is 34.6 Å². The summed E-state index contributed by atoms with van der Waals surface area (Å²) in [5.41, 5.74) is 4.40. The molecule has 5 aromatic rings. The van der Waals surface area contributed by atoms with Crippen LogP contribution in [0.4, 0.5) is 5.69 Å². The predicted molar refractivity (Wildman–Crippen MR) is 197 cm³/mol. The van der Waals surface area contributed by atoms with Crippen molar-refractivity contribution < 1.29 is 52.6 Å². The van der Waals surface area contributed by atoms with Crippen LogP contribution in [0.3, 0.4) is 0 Å². The Labute approximate surface area is 314 Å². The van der Waals surface area contributed by atoms with E-state index in [1.807, 2.05) is 54.6 Å². The third-order valence-corrected chi connectivity index (χ3v) is 11.0. The molecule has 0 radical (unpaired) electrons. The van der Waals surface area contributed by atoms with E-state index in [4.69, 9.17) is 33.2 Å². The lowest BCUT2D eigenvalue weighted by Gasteiger charge is -2.38. The van der Waals surface area contributed by atoms with Gasteiger partial charge in [0.05, 0.1) is 50.6 Å². The summed E-state index contributed by atoms with van der Waals surface area (Å²) < 4.78 is 42.0. The first-order valence-corrected chi connectivity index (χ1v) is 17.9. The van der Waals surface area contributed by atoms with Gasteiger partial charge >= 0.3 is 11.9 Å². The van der Waals surface area contributed by atoms with Gasteiger partial charge in [-0.05, 0) is 60.0 Å². The maximum atomic E-state index is 13.7. The summed E-state index contributed by atoms with van der Waals surface area (Å²) in [6.07, 6.45) is -0.512. The van der Waals surface area contributed by atoms with Gasteiger partial charge in [0, 0.05) is 41.3 Å². The van der Waals surface area contributed by atoms with Crippen LogP contribution in [0.25, 0.3) is 10.9 Å². The van der Waals surface area contributed by atoms with Crippen LogP contribution in [-0.4, -0.2) is 67.8 Å². The minimum atomic E-state index is -0.827. The predicted octanol–water partition coefficient (Wildman–Crippen LogP) is 6.42. The number of cyclic esters (lactones) is 1. The van der Waals surface area contributed by atoms with Gasteiger partial charge in [0.2, 0.25) is 24.2 Å². The Kier molecular flexibility index (Phi) is 8.36. The van der Waals surface area contributed by atoms with Gasteiger partial charge in [-0.2, -0.15) is 0 Å². The molecule has 0 saturated carbocycles. The number of esters is 2. The molecule has 13 heteroatoms. The number of aromatic hydroxyl groups is 1. The smallest absolute Gasteiger partial charge is 0.310 e. The van der Waals surface area contributed by atoms with E-state index in [9.17, 15) is 19.5 Å². The molecule has 1 aliphatic carbocycles. The molecule has 0 unspecified atom stereocenters. The molecule has 55 heavy (non-hydrogen) atoms. The van der Waals surface area contributed by atoms with Crippen LogP contribution < -0.4 is 23.7 Å². The Bertz CT molecular complexity index is 2420. The number of carbonyl (C=O) groups is 3. The molecule has 3 aliphatic heterocycles. The van der Waals surface area contributed by atoms with Gasteiger partial charge in [-0.1, -0.05) is 30.3 Å². The van der Waals surface area contributed by atoms with Crippen molar-refractivity contribution in [1.82, 2.24) is 4.57 Å². The van der Waals surface area contributed by atoms with Crippen LogP contribution in [-0.2, 0) is 25.6 Å². The standard InChI is InChI=1S/C42H36N2O11/c1-49-31-15-21(16-32(50-2)40(31)51-3)34-24-17-29-30(54-20-53-29)18-25(24)39(26-19-52-42(48)35(26)34)55-33(45)13-8-14-44-28-12-7-5-10-23(28)36(41(44)47)37-38(46)22-9-4-6-11-27(22)43-37/h4-7,9-12,15-18,26,34-35,39,47H,8,13-14,19-20H2,1-3H3/t26-,34+,35-,39-/m0/s1. The van der Waals surface area contributed by atoms with Crippen LogP contribution in [0, 0.1) is 11.8 Å². The normalized spacial score (nSPS) is 20.4. The Morgan fingerprint density at radius 1 is 0.891 bits per heavy atom. The molecule has 1 aromatic heterocycles. The maximum Gasteiger partial charge on any atom is 0.310 e. The highest BCUT2D eigenvalue weighted by Crippen LogP contribution is 2.56. The molecule has 1 N–H and O–H groups in total. The molecule has 0 spiro atoms. The number of rotatable bonds is 10. The SMILES string of the molecule is COc1cc([C@@H]2c3cc4c(cc3[C@H](OC(=O)CCCn3c(O)c(C5=Nc6ccccc6C5=O)c5ccccc53)[C@H]3COC(=O)[C@H]23)OCO4)cc(OC)c1OC. The molecular weight excluding hydrogens is 708 g/mol. The van der Waals surface area contributed by atoms with Gasteiger partial charge in [0.25, 0.3) is 0 Å². The second-order valence-corrected chi connectivity index (χ2v) is 13.8. The fraction of sp³-hybridized carbons (Fsp3) is 0.286. The number of nitrogens with zero attached hydrogens (tertiary/aromatic N) is 2. The lowest BCUT2D eigenvalue weighted by molar-refractivity contribution is -0.154. The minimum absolute atomic E-state index is 0.00544. The number of benzene rings is 4. The van der Waals surface area contributed by atoms with Crippen molar-refractivity contribution in [3.05, 3.63) is 101 Å². The Hall–Kier alpha value is -6.50. The zero-order chi connectivity index (χ0) is 38.0. The summed E-state index contributed by atoms with van der Waals surface area (Å²) in [4.78, 5) is 45.3. The van der Waals surface area contributed by atoms with Gasteiger partial charge in [-0.15, -0.1) is 0 Å². The van der Waals surface area contributed by atoms with E-state index < -0.39 is 35.8 Å². The Morgan fingerprint density at radius 2 is 1.60 bits per heavy atom. The molecule has 280 valence electrons. The minimum Gasteiger partial charge on any atom is -0.494 e. The number of aliphatic imine (C=N–C) groups is 1. The maximum absolute atomic E-state index is 13.7. The lowest BCUT2D eigenvalue weighted by Crippen LogP contribution is -2.36. The molecule has 1 saturated heterocycles. The van der Waals surface area contributed by atoms with E-state index >= 15 is 0 Å². The first-order valence-electron chi connectivity index (χ1n) is 17.9. The van der Waals surface area contributed by atoms with Crippen molar-refractivity contribution in [2.24, 2.45) is 16.8 Å². The summed E-state index contributed by atoms with van der Waals surface area (Å²) in [7, 11) is 4.58. The second kappa shape index (κ2) is 13.4. The van der Waals surface area contributed by atoms with Crippen molar-refractivity contribution in [2.45, 2.75) is 31.4 Å². The molecule has 4 aromatic carbocycles. The highest BCUT2D eigenvalue weighted by Gasteiger charge is 2.54. The molecule has 4 heterocycles. The third kappa shape index (κ3) is 5.44. The van der Waals surface area contributed by atoms with Crippen LogP contribution in [0.1, 0.15) is 57.5 Å². The highest BCUT2D eigenvalue weighted by molar-refractivity contribution is 6.56. The van der Waals surface area contributed by atoms with E-state index in [1.165, 1.54) is 21.3 Å². The molecule has 0 amide bonds. The van der Waals surface area contributed by atoms with E-state index in [0.29, 0.717) is 68.4 Å². The summed E-state index contributed by atoms with van der Waals surface area (Å²) in [6.45, 7) is 0.338. The van der Waals surface area contributed by atoms with Crippen molar-refractivity contribution in [3.8, 4) is 34.6 Å². The summed E-state index contributed by atoms with van der Waals surface area (Å²) in [5.74, 6) is -0.717. The number of hydrogen-bond acceptors (Lipinski definition) is 12. The molecule has 4 aliphatic rings. The van der Waals surface area contributed by atoms with Crippen molar-refractivity contribution in [2.75, 3.05) is 34.7 Å². The van der Waals surface area contributed by atoms with Gasteiger partial charge in [-0.25, -0.2) is 4.99 Å². The average molecular weight is 745 g/mol. The number of para-hydroxylation sites is 2. The lowest BCUT2D eigenvalue weighted by atomic mass is 9.66. The number of fused-ring (bicyclic) bond motifs is 5. The van der Waals surface area contributed by atoms with Crippen molar-refractivity contribution >= 4 is 40.0 Å².